The van der Waals surface area contributed by atoms with E-state index in [1.165, 1.54) is 0 Å². The largest absolute Gasteiger partial charge is 0.368 e. The van der Waals surface area contributed by atoms with E-state index in [9.17, 15) is 4.79 Å². The van der Waals surface area contributed by atoms with E-state index in [4.69, 9.17) is 16.3 Å². The molecule has 0 aliphatic carbocycles. The minimum atomic E-state index is -0.275. The van der Waals surface area contributed by atoms with Gasteiger partial charge in [0, 0.05) is 18.2 Å². The van der Waals surface area contributed by atoms with Crippen LogP contribution in [0, 0.1) is 0 Å². The van der Waals surface area contributed by atoms with E-state index in [0.717, 1.165) is 18.4 Å². The van der Waals surface area contributed by atoms with Gasteiger partial charge in [-0.2, -0.15) is 0 Å². The molecule has 3 nitrogen and oxygen atoms in total. The molecule has 1 fully saturated rings. The van der Waals surface area contributed by atoms with Gasteiger partial charge in [0.05, 0.1) is 0 Å². The fraction of sp³-hybridized carbons (Fsp3) is 0.417. The molecular formula is C12H14ClNO2. The van der Waals surface area contributed by atoms with E-state index in [1.807, 2.05) is 24.3 Å². The quantitative estimate of drug-likeness (QED) is 0.878. The van der Waals surface area contributed by atoms with Gasteiger partial charge in [-0.3, -0.25) is 4.79 Å². The molecule has 0 unspecified atom stereocenters. The summed E-state index contributed by atoms with van der Waals surface area (Å²) in [6, 6.07) is 7.49. The molecule has 0 radical (unpaired) electrons. The summed E-state index contributed by atoms with van der Waals surface area (Å²) in [7, 11) is 0. The van der Waals surface area contributed by atoms with Crippen LogP contribution in [0.4, 0.5) is 0 Å². The van der Waals surface area contributed by atoms with Gasteiger partial charge in [0.25, 0.3) is 0 Å². The highest BCUT2D eigenvalue weighted by atomic mass is 35.5. The van der Waals surface area contributed by atoms with Crippen LogP contribution in [-0.4, -0.2) is 18.6 Å². The molecule has 1 amide bonds. The molecule has 0 aromatic heterocycles. The second-order valence-electron chi connectivity index (χ2n) is 3.81. The van der Waals surface area contributed by atoms with Crippen molar-refractivity contribution in [1.29, 1.82) is 0 Å². The van der Waals surface area contributed by atoms with Crippen molar-refractivity contribution < 1.29 is 9.53 Å². The van der Waals surface area contributed by atoms with E-state index >= 15 is 0 Å². The molecule has 2 rings (SSSR count). The monoisotopic (exact) mass is 239 g/mol. The Morgan fingerprint density at radius 2 is 2.31 bits per heavy atom. The zero-order valence-electron chi connectivity index (χ0n) is 8.91. The summed E-state index contributed by atoms with van der Waals surface area (Å²) in [6.45, 7) is 1.14. The number of halogens is 1. The number of benzene rings is 1. The molecule has 0 bridgehead atoms. The topological polar surface area (TPSA) is 38.3 Å². The van der Waals surface area contributed by atoms with Crippen molar-refractivity contribution in [3.8, 4) is 0 Å². The Hall–Kier alpha value is -1.06. The molecule has 16 heavy (non-hydrogen) atoms. The fourth-order valence-electron chi connectivity index (χ4n) is 1.72. The zero-order chi connectivity index (χ0) is 11.4. The third-order valence-corrected chi connectivity index (χ3v) is 3.00. The summed E-state index contributed by atoms with van der Waals surface area (Å²) in [6.07, 6.45) is 1.50. The van der Waals surface area contributed by atoms with E-state index in [2.05, 4.69) is 5.32 Å². The van der Waals surface area contributed by atoms with Crippen LogP contribution >= 0.6 is 11.6 Å². The molecule has 1 aliphatic heterocycles. The summed E-state index contributed by atoms with van der Waals surface area (Å²) in [5.74, 6) is -0.0441. The Morgan fingerprint density at radius 3 is 3.00 bits per heavy atom. The van der Waals surface area contributed by atoms with Crippen molar-refractivity contribution in [2.75, 3.05) is 6.61 Å². The third-order valence-electron chi connectivity index (χ3n) is 2.63. The Labute approximate surface area is 99.7 Å². The molecule has 1 atom stereocenters. The molecule has 1 heterocycles. The van der Waals surface area contributed by atoms with Gasteiger partial charge in [0.1, 0.15) is 6.10 Å². The van der Waals surface area contributed by atoms with E-state index in [1.54, 1.807) is 0 Å². The van der Waals surface area contributed by atoms with Crippen LogP contribution in [0.5, 0.6) is 0 Å². The molecule has 1 aromatic rings. The summed E-state index contributed by atoms with van der Waals surface area (Å²) in [5, 5.41) is 3.51. The molecule has 1 aliphatic rings. The Bertz CT molecular complexity index is 375. The van der Waals surface area contributed by atoms with Crippen LogP contribution in [0.2, 0.25) is 5.02 Å². The van der Waals surface area contributed by atoms with E-state index < -0.39 is 0 Å². The minimum Gasteiger partial charge on any atom is -0.368 e. The lowest BCUT2D eigenvalue weighted by molar-refractivity contribution is -0.130. The van der Waals surface area contributed by atoms with Crippen molar-refractivity contribution in [1.82, 2.24) is 5.32 Å². The first-order valence-corrected chi connectivity index (χ1v) is 5.78. The van der Waals surface area contributed by atoms with Gasteiger partial charge in [0.15, 0.2) is 0 Å². The third kappa shape index (κ3) is 2.74. The smallest absolute Gasteiger partial charge is 0.249 e. The minimum absolute atomic E-state index is 0.0441. The lowest BCUT2D eigenvalue weighted by Crippen LogP contribution is -2.33. The van der Waals surface area contributed by atoms with Crippen LogP contribution in [-0.2, 0) is 16.1 Å². The first kappa shape index (κ1) is 11.4. The number of hydrogen-bond donors (Lipinski definition) is 1. The number of carbonyl (C=O) groups excluding carboxylic acids is 1. The zero-order valence-corrected chi connectivity index (χ0v) is 9.67. The predicted octanol–water partition coefficient (Wildman–Crippen LogP) is 2.14. The number of rotatable bonds is 3. The normalized spacial score (nSPS) is 19.7. The molecule has 0 spiro atoms. The maximum absolute atomic E-state index is 11.7. The maximum Gasteiger partial charge on any atom is 0.249 e. The number of carbonyl (C=O) groups is 1. The van der Waals surface area contributed by atoms with Crippen molar-refractivity contribution in [3.63, 3.8) is 0 Å². The van der Waals surface area contributed by atoms with Gasteiger partial charge in [-0.15, -0.1) is 0 Å². The SMILES string of the molecule is O=C(NCc1ccccc1Cl)[C@@H]1CCCO1. The lowest BCUT2D eigenvalue weighted by atomic mass is 10.2. The molecule has 1 N–H and O–H groups in total. The molecule has 4 heteroatoms. The van der Waals surface area contributed by atoms with Gasteiger partial charge in [-0.1, -0.05) is 29.8 Å². The molecule has 1 aromatic carbocycles. The Kier molecular flexibility index (Phi) is 3.80. The second-order valence-corrected chi connectivity index (χ2v) is 4.22. The van der Waals surface area contributed by atoms with Crippen molar-refractivity contribution >= 4 is 17.5 Å². The molecular weight excluding hydrogens is 226 g/mol. The summed E-state index contributed by atoms with van der Waals surface area (Å²) < 4.78 is 5.29. The van der Waals surface area contributed by atoms with E-state index in [-0.39, 0.29) is 12.0 Å². The molecule has 1 saturated heterocycles. The number of hydrogen-bond acceptors (Lipinski definition) is 2. The number of nitrogens with one attached hydrogen (secondary N) is 1. The van der Waals surface area contributed by atoms with Crippen LogP contribution in [0.1, 0.15) is 18.4 Å². The van der Waals surface area contributed by atoms with Gasteiger partial charge in [0.2, 0.25) is 5.91 Å². The second kappa shape index (κ2) is 5.32. The number of ether oxygens (including phenoxy) is 1. The average molecular weight is 240 g/mol. The first-order valence-electron chi connectivity index (χ1n) is 5.40. The van der Waals surface area contributed by atoms with Crippen LogP contribution in [0.15, 0.2) is 24.3 Å². The predicted molar refractivity (Wildman–Crippen MR) is 62.3 cm³/mol. The molecule has 0 saturated carbocycles. The highest BCUT2D eigenvalue weighted by molar-refractivity contribution is 6.31. The molecule has 86 valence electrons. The maximum atomic E-state index is 11.7. The first-order chi connectivity index (χ1) is 7.77. The summed E-state index contributed by atoms with van der Waals surface area (Å²) in [5.41, 5.74) is 0.926. The van der Waals surface area contributed by atoms with Crippen LogP contribution in [0.25, 0.3) is 0 Å². The summed E-state index contributed by atoms with van der Waals surface area (Å²) >= 11 is 5.98. The fourth-order valence-corrected chi connectivity index (χ4v) is 1.92. The Balaban J connectivity index is 1.87. The van der Waals surface area contributed by atoms with Crippen LogP contribution in [0.3, 0.4) is 0 Å². The number of amides is 1. The van der Waals surface area contributed by atoms with Gasteiger partial charge in [-0.05, 0) is 24.5 Å². The van der Waals surface area contributed by atoms with Gasteiger partial charge >= 0.3 is 0 Å². The lowest BCUT2D eigenvalue weighted by Gasteiger charge is -2.10. The standard InChI is InChI=1S/C12H14ClNO2/c13-10-5-2-1-4-9(10)8-14-12(15)11-6-3-7-16-11/h1-2,4-5,11H,3,6-8H2,(H,14,15)/t11-/m0/s1. The Morgan fingerprint density at radius 1 is 1.50 bits per heavy atom. The highest BCUT2D eigenvalue weighted by Gasteiger charge is 2.23. The summed E-state index contributed by atoms with van der Waals surface area (Å²) in [4.78, 5) is 11.7. The van der Waals surface area contributed by atoms with Crippen molar-refractivity contribution in [2.45, 2.75) is 25.5 Å². The van der Waals surface area contributed by atoms with Gasteiger partial charge in [-0.25, -0.2) is 0 Å². The van der Waals surface area contributed by atoms with Gasteiger partial charge < -0.3 is 10.1 Å². The van der Waals surface area contributed by atoms with Crippen molar-refractivity contribution in [3.05, 3.63) is 34.9 Å². The van der Waals surface area contributed by atoms with Crippen molar-refractivity contribution in [2.24, 2.45) is 0 Å². The average Bonchev–Trinajstić information content (AvgIpc) is 2.81. The van der Waals surface area contributed by atoms with E-state index in [0.29, 0.717) is 18.2 Å². The van der Waals surface area contributed by atoms with Crippen LogP contribution < -0.4 is 5.32 Å². The highest BCUT2D eigenvalue weighted by Crippen LogP contribution is 2.15.